The molecular formula is C13H24N2O3. The van der Waals surface area contributed by atoms with Crippen LogP contribution in [0.4, 0.5) is 4.79 Å². The van der Waals surface area contributed by atoms with Crippen molar-refractivity contribution in [1.82, 2.24) is 10.2 Å². The average Bonchev–Trinajstić information content (AvgIpc) is 2.93. The van der Waals surface area contributed by atoms with Crippen molar-refractivity contribution in [3.8, 4) is 0 Å². The van der Waals surface area contributed by atoms with Crippen LogP contribution in [0.25, 0.3) is 0 Å². The summed E-state index contributed by atoms with van der Waals surface area (Å²) in [4.78, 5) is 13.6. The zero-order valence-electron chi connectivity index (χ0n) is 11.4. The van der Waals surface area contributed by atoms with Gasteiger partial charge in [-0.1, -0.05) is 0 Å². The molecule has 104 valence electrons. The van der Waals surface area contributed by atoms with E-state index in [2.05, 4.69) is 10.2 Å². The van der Waals surface area contributed by atoms with Gasteiger partial charge in [-0.3, -0.25) is 4.90 Å². The number of nitrogens with one attached hydrogen (secondary N) is 1. The van der Waals surface area contributed by atoms with Gasteiger partial charge in [0.1, 0.15) is 6.61 Å². The number of carbonyl (C=O) groups is 1. The Morgan fingerprint density at radius 2 is 2.33 bits per heavy atom. The van der Waals surface area contributed by atoms with Gasteiger partial charge in [-0.15, -0.1) is 0 Å². The summed E-state index contributed by atoms with van der Waals surface area (Å²) in [6.45, 7) is 5.23. The molecule has 0 aromatic rings. The average molecular weight is 256 g/mol. The van der Waals surface area contributed by atoms with Gasteiger partial charge < -0.3 is 14.8 Å². The van der Waals surface area contributed by atoms with Crippen molar-refractivity contribution >= 4 is 6.09 Å². The van der Waals surface area contributed by atoms with E-state index in [1.54, 1.807) is 7.05 Å². The monoisotopic (exact) mass is 256 g/mol. The number of hydrogen-bond acceptors (Lipinski definition) is 4. The lowest BCUT2D eigenvalue weighted by Gasteiger charge is -2.34. The maximum absolute atomic E-state index is 11.1. The Labute approximate surface area is 109 Å². The zero-order chi connectivity index (χ0) is 13.0. The minimum absolute atomic E-state index is 0.215. The van der Waals surface area contributed by atoms with Crippen LogP contribution in [0, 0.1) is 0 Å². The maximum Gasteiger partial charge on any atom is 0.406 e. The molecular weight excluding hydrogens is 232 g/mol. The van der Waals surface area contributed by atoms with E-state index in [1.807, 2.05) is 6.92 Å². The van der Waals surface area contributed by atoms with Gasteiger partial charge in [0.2, 0.25) is 0 Å². The quantitative estimate of drug-likeness (QED) is 0.807. The van der Waals surface area contributed by atoms with Gasteiger partial charge in [-0.2, -0.15) is 0 Å². The molecule has 5 heteroatoms. The Morgan fingerprint density at radius 3 is 3.06 bits per heavy atom. The molecule has 2 aliphatic rings. The molecule has 1 amide bonds. The summed E-state index contributed by atoms with van der Waals surface area (Å²) in [5.41, 5.74) is 0.215. The summed E-state index contributed by atoms with van der Waals surface area (Å²) in [5.74, 6) is 0. The van der Waals surface area contributed by atoms with E-state index in [-0.39, 0.29) is 11.6 Å². The Morgan fingerprint density at radius 1 is 1.50 bits per heavy atom. The van der Waals surface area contributed by atoms with Crippen LogP contribution < -0.4 is 5.32 Å². The minimum atomic E-state index is -0.337. The lowest BCUT2D eigenvalue weighted by Crippen LogP contribution is -2.47. The molecule has 5 nitrogen and oxygen atoms in total. The lowest BCUT2D eigenvalue weighted by atomic mass is 9.95. The minimum Gasteiger partial charge on any atom is -0.448 e. The van der Waals surface area contributed by atoms with E-state index in [0.29, 0.717) is 12.6 Å². The van der Waals surface area contributed by atoms with Crippen molar-refractivity contribution < 1.29 is 14.3 Å². The van der Waals surface area contributed by atoms with E-state index in [0.717, 1.165) is 32.6 Å². The van der Waals surface area contributed by atoms with Crippen molar-refractivity contribution in [1.29, 1.82) is 0 Å². The van der Waals surface area contributed by atoms with Gasteiger partial charge in [0.25, 0.3) is 0 Å². The van der Waals surface area contributed by atoms with Crippen LogP contribution in [0.1, 0.15) is 32.6 Å². The second-order valence-electron chi connectivity index (χ2n) is 5.20. The normalized spacial score (nSPS) is 31.3. The second kappa shape index (κ2) is 5.89. The van der Waals surface area contributed by atoms with Crippen LogP contribution in [-0.4, -0.2) is 56.0 Å². The molecule has 1 N–H and O–H groups in total. The fourth-order valence-corrected chi connectivity index (χ4v) is 3.33. The van der Waals surface area contributed by atoms with Crippen molar-refractivity contribution in [2.24, 2.45) is 0 Å². The molecule has 0 aromatic carbocycles. The summed E-state index contributed by atoms with van der Waals surface area (Å²) >= 11 is 0. The zero-order valence-corrected chi connectivity index (χ0v) is 11.4. The smallest absolute Gasteiger partial charge is 0.406 e. The first-order valence-corrected chi connectivity index (χ1v) is 6.91. The fraction of sp³-hybridized carbons (Fsp3) is 0.923. The van der Waals surface area contributed by atoms with Gasteiger partial charge in [-0.25, -0.2) is 4.79 Å². The number of fused-ring (bicyclic) bond motifs is 1. The molecule has 0 aliphatic carbocycles. The first kappa shape index (κ1) is 13.6. The predicted octanol–water partition coefficient (Wildman–Crippen LogP) is 1.38. The number of rotatable bonds is 5. The van der Waals surface area contributed by atoms with E-state index >= 15 is 0 Å². The summed E-state index contributed by atoms with van der Waals surface area (Å²) in [5, 5.41) is 2.49. The summed E-state index contributed by atoms with van der Waals surface area (Å²) in [7, 11) is 1.59. The molecule has 2 saturated heterocycles. The van der Waals surface area contributed by atoms with Crippen molar-refractivity contribution in [2.75, 3.05) is 33.4 Å². The highest BCUT2D eigenvalue weighted by atomic mass is 16.5. The Balaban J connectivity index is 1.90. The van der Waals surface area contributed by atoms with Crippen molar-refractivity contribution in [3.05, 3.63) is 0 Å². The molecule has 0 saturated carbocycles. The molecule has 2 unspecified atom stereocenters. The topological polar surface area (TPSA) is 50.8 Å². The molecule has 0 radical (unpaired) electrons. The highest BCUT2D eigenvalue weighted by Gasteiger charge is 2.49. The van der Waals surface area contributed by atoms with Crippen LogP contribution in [0.3, 0.4) is 0 Å². The number of alkyl carbamates (subject to hydrolysis) is 1. The molecule has 2 aliphatic heterocycles. The highest BCUT2D eigenvalue weighted by Crippen LogP contribution is 2.42. The van der Waals surface area contributed by atoms with E-state index in [4.69, 9.17) is 9.47 Å². The Hall–Kier alpha value is -0.810. The molecule has 2 fully saturated rings. The second-order valence-corrected chi connectivity index (χ2v) is 5.20. The van der Waals surface area contributed by atoms with Crippen molar-refractivity contribution in [3.63, 3.8) is 0 Å². The third-order valence-corrected chi connectivity index (χ3v) is 4.22. The molecule has 2 atom stereocenters. The number of nitrogens with zero attached hydrogens (tertiary/aromatic N) is 1. The van der Waals surface area contributed by atoms with E-state index < -0.39 is 0 Å². The van der Waals surface area contributed by atoms with Gasteiger partial charge in [0, 0.05) is 25.2 Å². The lowest BCUT2D eigenvalue weighted by molar-refractivity contribution is 0.0178. The highest BCUT2D eigenvalue weighted by molar-refractivity contribution is 5.66. The summed E-state index contributed by atoms with van der Waals surface area (Å²) in [6.07, 6.45) is 4.36. The largest absolute Gasteiger partial charge is 0.448 e. The Kier molecular flexibility index (Phi) is 4.45. The molecule has 0 aromatic heterocycles. The molecule has 0 bridgehead atoms. The van der Waals surface area contributed by atoms with Gasteiger partial charge in [0.15, 0.2) is 0 Å². The first-order valence-electron chi connectivity index (χ1n) is 6.91. The van der Waals surface area contributed by atoms with Crippen LogP contribution in [0.15, 0.2) is 0 Å². The first-order chi connectivity index (χ1) is 8.72. The van der Waals surface area contributed by atoms with Gasteiger partial charge in [0.05, 0.1) is 6.61 Å². The number of amides is 1. The van der Waals surface area contributed by atoms with Crippen LogP contribution in [-0.2, 0) is 9.47 Å². The number of hydrogen-bond donors (Lipinski definition) is 1. The SMILES string of the molecule is CCOCC12CCCN1C(COC(=O)NC)CC2. The Bertz CT molecular complexity index is 298. The van der Waals surface area contributed by atoms with Crippen molar-refractivity contribution in [2.45, 2.75) is 44.2 Å². The molecule has 2 rings (SSSR count). The standard InChI is InChI=1S/C13H24N2O3/c1-3-17-10-13-6-4-8-15(13)11(5-7-13)9-18-12(16)14-2/h11H,3-10H2,1-2H3,(H,14,16). The van der Waals surface area contributed by atoms with Crippen LogP contribution in [0.2, 0.25) is 0 Å². The third-order valence-electron chi connectivity index (χ3n) is 4.22. The summed E-state index contributed by atoms with van der Waals surface area (Å²) in [6, 6.07) is 0.366. The number of ether oxygens (including phenoxy) is 2. The number of carbonyl (C=O) groups excluding carboxylic acids is 1. The summed E-state index contributed by atoms with van der Waals surface area (Å²) < 4.78 is 10.9. The van der Waals surface area contributed by atoms with Gasteiger partial charge >= 0.3 is 6.09 Å². The molecule has 0 spiro atoms. The molecule has 2 heterocycles. The predicted molar refractivity (Wildman–Crippen MR) is 68.6 cm³/mol. The fourth-order valence-electron chi connectivity index (χ4n) is 3.33. The third kappa shape index (κ3) is 2.62. The van der Waals surface area contributed by atoms with E-state index in [1.165, 1.54) is 12.8 Å². The van der Waals surface area contributed by atoms with Crippen LogP contribution in [0.5, 0.6) is 0 Å². The van der Waals surface area contributed by atoms with Gasteiger partial charge in [-0.05, 0) is 39.2 Å². The van der Waals surface area contributed by atoms with Crippen LogP contribution >= 0.6 is 0 Å². The van der Waals surface area contributed by atoms with E-state index in [9.17, 15) is 4.79 Å². The molecule has 18 heavy (non-hydrogen) atoms. The maximum atomic E-state index is 11.1.